The minimum Gasteiger partial charge on any atom is -0.354 e. The Morgan fingerprint density at radius 3 is 2.55 bits per heavy atom. The van der Waals surface area contributed by atoms with Gasteiger partial charge in [0.15, 0.2) is 0 Å². The number of amides is 2. The predicted octanol–water partition coefficient (Wildman–Crippen LogP) is 4.08. The fourth-order valence-corrected chi connectivity index (χ4v) is 3.54. The third-order valence-electron chi connectivity index (χ3n) is 4.27. The highest BCUT2D eigenvalue weighted by atomic mass is 127. The normalized spacial score (nSPS) is 10.4. The summed E-state index contributed by atoms with van der Waals surface area (Å²) in [5.74, 6) is -0.610. The molecule has 31 heavy (non-hydrogen) atoms. The number of rotatable bonds is 8. The summed E-state index contributed by atoms with van der Waals surface area (Å²) in [6.07, 6.45) is 2.28. The van der Waals surface area contributed by atoms with Gasteiger partial charge in [-0.15, -0.1) is 0 Å². The molecule has 3 N–H and O–H groups in total. The standard InChI is InChI=1S/C22H21FIN5O2/c1-14(30)28-16-8-6-15(7-9-16)19-10-13-27-22(29-19)26-12-3-11-25-21(31)20-17(23)4-2-5-18(20)24/h2,4-10,13H,3,11-12H2,1H3,(H,25,31)(H,28,30)(H,26,27,29). The number of benzene rings is 2. The second kappa shape index (κ2) is 10.8. The molecule has 0 aliphatic rings. The zero-order chi connectivity index (χ0) is 22.2. The molecule has 3 rings (SSSR count). The van der Waals surface area contributed by atoms with Gasteiger partial charge in [-0.2, -0.15) is 0 Å². The zero-order valence-electron chi connectivity index (χ0n) is 16.8. The highest BCUT2D eigenvalue weighted by molar-refractivity contribution is 14.1. The Morgan fingerprint density at radius 2 is 1.84 bits per heavy atom. The summed E-state index contributed by atoms with van der Waals surface area (Å²) in [6, 6.07) is 13.7. The van der Waals surface area contributed by atoms with E-state index in [9.17, 15) is 14.0 Å². The summed E-state index contributed by atoms with van der Waals surface area (Å²) < 4.78 is 14.4. The molecule has 0 saturated heterocycles. The van der Waals surface area contributed by atoms with Crippen LogP contribution in [0.15, 0.2) is 54.7 Å². The molecule has 2 aromatic carbocycles. The third kappa shape index (κ3) is 6.45. The quantitative estimate of drug-likeness (QED) is 0.300. The van der Waals surface area contributed by atoms with Crippen LogP contribution in [0.3, 0.4) is 0 Å². The first-order chi connectivity index (χ1) is 14.9. The summed E-state index contributed by atoms with van der Waals surface area (Å²) in [7, 11) is 0. The van der Waals surface area contributed by atoms with E-state index >= 15 is 0 Å². The molecule has 0 aliphatic carbocycles. The van der Waals surface area contributed by atoms with Crippen LogP contribution in [0, 0.1) is 9.39 Å². The van der Waals surface area contributed by atoms with E-state index in [0.29, 0.717) is 29.0 Å². The maximum Gasteiger partial charge on any atom is 0.255 e. The largest absolute Gasteiger partial charge is 0.354 e. The molecule has 9 heteroatoms. The average Bonchev–Trinajstić information content (AvgIpc) is 2.74. The lowest BCUT2D eigenvalue weighted by Crippen LogP contribution is -2.27. The molecule has 0 fully saturated rings. The van der Waals surface area contributed by atoms with E-state index in [1.165, 1.54) is 13.0 Å². The Bertz CT molecular complexity index is 1060. The molecule has 0 atom stereocenters. The molecule has 0 unspecified atom stereocenters. The molecule has 160 valence electrons. The SMILES string of the molecule is CC(=O)Nc1ccc(-c2ccnc(NCCCNC(=O)c3c(F)cccc3I)n2)cc1. The van der Waals surface area contributed by atoms with Crippen LogP contribution in [0.1, 0.15) is 23.7 Å². The van der Waals surface area contributed by atoms with Gasteiger partial charge in [0, 0.05) is 41.0 Å². The molecule has 3 aromatic rings. The number of anilines is 2. The summed E-state index contributed by atoms with van der Waals surface area (Å²) in [5.41, 5.74) is 2.42. The minimum absolute atomic E-state index is 0.0663. The Kier molecular flexibility index (Phi) is 7.88. The molecule has 7 nitrogen and oxygen atoms in total. The monoisotopic (exact) mass is 533 g/mol. The van der Waals surface area contributed by atoms with Crippen molar-refractivity contribution in [2.24, 2.45) is 0 Å². The Balaban J connectivity index is 1.49. The molecule has 0 saturated carbocycles. The third-order valence-corrected chi connectivity index (χ3v) is 5.17. The molecule has 0 aliphatic heterocycles. The van der Waals surface area contributed by atoms with Crippen molar-refractivity contribution >= 4 is 46.0 Å². The van der Waals surface area contributed by atoms with Crippen LogP contribution in [0.2, 0.25) is 0 Å². The summed E-state index contributed by atoms with van der Waals surface area (Å²) >= 11 is 1.94. The molecule has 0 spiro atoms. The summed E-state index contributed by atoms with van der Waals surface area (Å²) in [4.78, 5) is 32.0. The van der Waals surface area contributed by atoms with Crippen molar-refractivity contribution in [1.82, 2.24) is 15.3 Å². The highest BCUT2D eigenvalue weighted by Crippen LogP contribution is 2.20. The van der Waals surface area contributed by atoms with Crippen LogP contribution in [0.4, 0.5) is 16.0 Å². The smallest absolute Gasteiger partial charge is 0.255 e. The number of nitrogens with zero attached hydrogens (tertiary/aromatic N) is 2. The van der Waals surface area contributed by atoms with E-state index < -0.39 is 11.7 Å². The lowest BCUT2D eigenvalue weighted by atomic mass is 10.1. The van der Waals surface area contributed by atoms with Crippen molar-refractivity contribution in [3.63, 3.8) is 0 Å². The van der Waals surface area contributed by atoms with Crippen LogP contribution >= 0.6 is 22.6 Å². The van der Waals surface area contributed by atoms with Crippen molar-refractivity contribution in [2.75, 3.05) is 23.7 Å². The Hall–Kier alpha value is -3.08. The van der Waals surface area contributed by atoms with Gasteiger partial charge in [0.05, 0.1) is 11.3 Å². The topological polar surface area (TPSA) is 96.0 Å². The maximum absolute atomic E-state index is 13.8. The van der Waals surface area contributed by atoms with E-state index in [-0.39, 0.29) is 11.5 Å². The molecule has 1 heterocycles. The van der Waals surface area contributed by atoms with Crippen LogP contribution in [-0.2, 0) is 4.79 Å². The van der Waals surface area contributed by atoms with Gasteiger partial charge in [-0.3, -0.25) is 9.59 Å². The van der Waals surface area contributed by atoms with Gasteiger partial charge in [-0.1, -0.05) is 18.2 Å². The Labute approximate surface area is 193 Å². The van der Waals surface area contributed by atoms with Crippen molar-refractivity contribution in [2.45, 2.75) is 13.3 Å². The van der Waals surface area contributed by atoms with Crippen molar-refractivity contribution < 1.29 is 14.0 Å². The van der Waals surface area contributed by atoms with Crippen molar-refractivity contribution in [3.8, 4) is 11.3 Å². The van der Waals surface area contributed by atoms with Gasteiger partial charge < -0.3 is 16.0 Å². The average molecular weight is 533 g/mol. The van der Waals surface area contributed by atoms with E-state index in [0.717, 1.165) is 16.9 Å². The first-order valence-electron chi connectivity index (χ1n) is 9.61. The van der Waals surface area contributed by atoms with Gasteiger partial charge in [0.1, 0.15) is 5.82 Å². The van der Waals surface area contributed by atoms with Gasteiger partial charge in [-0.05, 0) is 59.3 Å². The Morgan fingerprint density at radius 1 is 1.06 bits per heavy atom. The molecular weight excluding hydrogens is 512 g/mol. The molecule has 0 radical (unpaired) electrons. The number of halogens is 2. The van der Waals surface area contributed by atoms with Crippen LogP contribution in [0.5, 0.6) is 0 Å². The number of carbonyl (C=O) groups is 2. The number of hydrogen-bond donors (Lipinski definition) is 3. The van der Waals surface area contributed by atoms with Crippen LogP contribution < -0.4 is 16.0 Å². The van der Waals surface area contributed by atoms with Gasteiger partial charge in [-0.25, -0.2) is 14.4 Å². The van der Waals surface area contributed by atoms with Gasteiger partial charge >= 0.3 is 0 Å². The second-order valence-corrected chi connectivity index (χ2v) is 7.82. The van der Waals surface area contributed by atoms with Crippen molar-refractivity contribution in [1.29, 1.82) is 0 Å². The molecule has 1 aromatic heterocycles. The van der Waals surface area contributed by atoms with Gasteiger partial charge in [0.2, 0.25) is 11.9 Å². The van der Waals surface area contributed by atoms with E-state index in [1.807, 2.05) is 46.9 Å². The van der Waals surface area contributed by atoms with Crippen LogP contribution in [-0.4, -0.2) is 34.9 Å². The maximum atomic E-state index is 13.8. The van der Waals surface area contributed by atoms with Gasteiger partial charge in [0.25, 0.3) is 5.91 Å². The lowest BCUT2D eigenvalue weighted by Gasteiger charge is -2.09. The fourth-order valence-electron chi connectivity index (χ4n) is 2.83. The highest BCUT2D eigenvalue weighted by Gasteiger charge is 2.14. The number of hydrogen-bond acceptors (Lipinski definition) is 5. The zero-order valence-corrected chi connectivity index (χ0v) is 18.9. The number of carbonyl (C=O) groups excluding carboxylic acids is 2. The number of nitrogens with one attached hydrogen (secondary N) is 3. The predicted molar refractivity (Wildman–Crippen MR) is 126 cm³/mol. The minimum atomic E-state index is -0.530. The second-order valence-electron chi connectivity index (χ2n) is 6.66. The number of aromatic nitrogens is 2. The van der Waals surface area contributed by atoms with E-state index in [2.05, 4.69) is 25.9 Å². The van der Waals surface area contributed by atoms with E-state index in [4.69, 9.17) is 0 Å². The summed E-state index contributed by atoms with van der Waals surface area (Å²) in [6.45, 7) is 2.39. The molecule has 0 bridgehead atoms. The van der Waals surface area contributed by atoms with Crippen molar-refractivity contribution in [3.05, 3.63) is 69.7 Å². The lowest BCUT2D eigenvalue weighted by molar-refractivity contribution is -0.114. The molecular formula is C22H21FIN5O2. The molecule has 2 amide bonds. The van der Waals surface area contributed by atoms with E-state index in [1.54, 1.807) is 24.4 Å². The first-order valence-corrected chi connectivity index (χ1v) is 10.7. The summed E-state index contributed by atoms with van der Waals surface area (Å²) in [5, 5.41) is 8.57. The first kappa shape index (κ1) is 22.6. The van der Waals surface area contributed by atoms with Crippen LogP contribution in [0.25, 0.3) is 11.3 Å². The fraction of sp³-hybridized carbons (Fsp3) is 0.182.